The molecule has 1 aliphatic heterocycles. The van der Waals surface area contributed by atoms with Gasteiger partial charge in [-0.2, -0.15) is 0 Å². The molecule has 6 nitrogen and oxygen atoms in total. The van der Waals surface area contributed by atoms with Crippen molar-refractivity contribution < 1.29 is 19.1 Å². The summed E-state index contributed by atoms with van der Waals surface area (Å²) in [6.07, 6.45) is 0.923. The summed E-state index contributed by atoms with van der Waals surface area (Å²) in [4.78, 5) is 24.3. The summed E-state index contributed by atoms with van der Waals surface area (Å²) in [5.74, 6) is 0.731. The van der Waals surface area contributed by atoms with Gasteiger partial charge >= 0.3 is 0 Å². The van der Waals surface area contributed by atoms with Gasteiger partial charge in [-0.05, 0) is 32.0 Å². The van der Waals surface area contributed by atoms with Crippen LogP contribution in [0, 0.1) is 0 Å². The number of hydrogen-bond acceptors (Lipinski definition) is 4. The molecule has 1 heterocycles. The summed E-state index contributed by atoms with van der Waals surface area (Å²) in [5.41, 5.74) is 2.12. The van der Waals surface area contributed by atoms with E-state index in [0.29, 0.717) is 23.6 Å². The van der Waals surface area contributed by atoms with Crippen LogP contribution < -0.4 is 20.1 Å². The second kappa shape index (κ2) is 7.91. The number of amides is 2. The summed E-state index contributed by atoms with van der Waals surface area (Å²) in [6, 6.07) is 12.4. The normalized spacial score (nSPS) is 14.9. The molecule has 2 aromatic rings. The number of nitrogens with one attached hydrogen (secondary N) is 2. The minimum absolute atomic E-state index is 0.107. The molecule has 0 fully saturated rings. The lowest BCUT2D eigenvalue weighted by Crippen LogP contribution is -2.32. The highest BCUT2D eigenvalue weighted by Gasteiger charge is 2.22. The first-order valence-electron chi connectivity index (χ1n) is 8.66. The summed E-state index contributed by atoms with van der Waals surface area (Å²) in [6.45, 7) is 4.24. The van der Waals surface area contributed by atoms with E-state index in [1.165, 1.54) is 0 Å². The fourth-order valence-electron chi connectivity index (χ4n) is 2.86. The fourth-order valence-corrected chi connectivity index (χ4v) is 2.86. The lowest BCUT2D eigenvalue weighted by atomic mass is 10.1. The van der Waals surface area contributed by atoms with Gasteiger partial charge in [0.25, 0.3) is 5.91 Å². The maximum absolute atomic E-state index is 12.2. The molecule has 1 unspecified atom stereocenters. The number of hydrogen-bond donors (Lipinski definition) is 2. The highest BCUT2D eigenvalue weighted by molar-refractivity contribution is 6.00. The standard InChI is InChI=1S/C20H22N2O4/c1-3-25-18-10-15-9-13(2)26-17(15)11-16(18)22-19(23)12-21-20(24)14-7-5-4-6-8-14/h4-8,10-11,13H,3,9,12H2,1-2H3,(H,21,24)(H,22,23). The van der Waals surface area contributed by atoms with Gasteiger partial charge in [-0.15, -0.1) is 0 Å². The number of anilines is 1. The van der Waals surface area contributed by atoms with Crippen LogP contribution in [0.4, 0.5) is 5.69 Å². The Bertz CT molecular complexity index is 805. The monoisotopic (exact) mass is 354 g/mol. The maximum Gasteiger partial charge on any atom is 0.251 e. The van der Waals surface area contributed by atoms with Crippen molar-refractivity contribution in [2.75, 3.05) is 18.5 Å². The predicted octanol–water partition coefficient (Wildman–Crippen LogP) is 2.78. The first-order chi connectivity index (χ1) is 12.6. The number of rotatable bonds is 6. The van der Waals surface area contributed by atoms with Crippen molar-refractivity contribution in [2.45, 2.75) is 26.4 Å². The molecule has 1 atom stereocenters. The molecule has 0 bridgehead atoms. The fraction of sp³-hybridized carbons (Fsp3) is 0.300. The van der Waals surface area contributed by atoms with Gasteiger partial charge in [-0.1, -0.05) is 18.2 Å². The third-order valence-electron chi connectivity index (χ3n) is 4.02. The minimum atomic E-state index is -0.332. The van der Waals surface area contributed by atoms with Gasteiger partial charge < -0.3 is 20.1 Å². The summed E-state index contributed by atoms with van der Waals surface area (Å²) in [7, 11) is 0. The van der Waals surface area contributed by atoms with Gasteiger partial charge in [0.05, 0.1) is 18.8 Å². The van der Waals surface area contributed by atoms with Crippen molar-refractivity contribution in [1.82, 2.24) is 5.32 Å². The van der Waals surface area contributed by atoms with Crippen molar-refractivity contribution in [2.24, 2.45) is 0 Å². The number of carbonyl (C=O) groups is 2. The summed E-state index contributed by atoms with van der Waals surface area (Å²) in [5, 5.41) is 5.39. The van der Waals surface area contributed by atoms with Crippen LogP contribution >= 0.6 is 0 Å². The lowest BCUT2D eigenvalue weighted by Gasteiger charge is -2.14. The van der Waals surface area contributed by atoms with E-state index in [0.717, 1.165) is 17.7 Å². The molecule has 2 N–H and O–H groups in total. The van der Waals surface area contributed by atoms with Crippen molar-refractivity contribution >= 4 is 17.5 Å². The molecule has 0 aliphatic carbocycles. The molecule has 0 saturated carbocycles. The van der Waals surface area contributed by atoms with E-state index in [-0.39, 0.29) is 24.5 Å². The third-order valence-corrected chi connectivity index (χ3v) is 4.02. The average Bonchev–Trinajstić information content (AvgIpc) is 2.99. The minimum Gasteiger partial charge on any atom is -0.492 e. The van der Waals surface area contributed by atoms with Gasteiger partial charge in [0.15, 0.2) is 0 Å². The van der Waals surface area contributed by atoms with E-state index < -0.39 is 0 Å². The molecule has 0 spiro atoms. The molecule has 2 aromatic carbocycles. The quantitative estimate of drug-likeness (QED) is 0.836. The Morgan fingerprint density at radius 1 is 1.23 bits per heavy atom. The molecule has 6 heteroatoms. The Balaban J connectivity index is 1.65. The second-order valence-corrected chi connectivity index (χ2v) is 6.12. The van der Waals surface area contributed by atoms with Crippen LogP contribution in [0.25, 0.3) is 0 Å². The van der Waals surface area contributed by atoms with E-state index in [1.807, 2.05) is 26.0 Å². The summed E-state index contributed by atoms with van der Waals surface area (Å²) < 4.78 is 11.4. The lowest BCUT2D eigenvalue weighted by molar-refractivity contribution is -0.115. The third kappa shape index (κ3) is 4.14. The van der Waals surface area contributed by atoms with Crippen molar-refractivity contribution in [3.63, 3.8) is 0 Å². The molecule has 3 rings (SSSR count). The highest BCUT2D eigenvalue weighted by atomic mass is 16.5. The van der Waals surface area contributed by atoms with Crippen molar-refractivity contribution in [3.05, 3.63) is 53.6 Å². The van der Waals surface area contributed by atoms with Crippen molar-refractivity contribution in [3.8, 4) is 11.5 Å². The van der Waals surface area contributed by atoms with Gasteiger partial charge in [0.2, 0.25) is 5.91 Å². The van der Waals surface area contributed by atoms with Gasteiger partial charge in [0, 0.05) is 23.6 Å². The van der Waals surface area contributed by atoms with E-state index in [4.69, 9.17) is 9.47 Å². The Morgan fingerprint density at radius 3 is 2.73 bits per heavy atom. The van der Waals surface area contributed by atoms with Crippen molar-refractivity contribution in [1.29, 1.82) is 0 Å². The van der Waals surface area contributed by atoms with E-state index >= 15 is 0 Å². The van der Waals surface area contributed by atoms with E-state index in [9.17, 15) is 9.59 Å². The Hall–Kier alpha value is -3.02. The van der Waals surface area contributed by atoms with Crippen LogP contribution in [0.3, 0.4) is 0 Å². The topological polar surface area (TPSA) is 76.7 Å². The Kier molecular flexibility index (Phi) is 5.41. The predicted molar refractivity (Wildman–Crippen MR) is 98.8 cm³/mol. The first kappa shape index (κ1) is 17.8. The molecule has 0 aromatic heterocycles. The van der Waals surface area contributed by atoms with Crippen LogP contribution in [0.15, 0.2) is 42.5 Å². The molecule has 0 saturated heterocycles. The molecular weight excluding hydrogens is 332 g/mol. The average molecular weight is 354 g/mol. The maximum atomic E-state index is 12.2. The number of benzene rings is 2. The van der Waals surface area contributed by atoms with Gasteiger partial charge in [0.1, 0.15) is 17.6 Å². The largest absolute Gasteiger partial charge is 0.492 e. The summed E-state index contributed by atoms with van der Waals surface area (Å²) >= 11 is 0. The van der Waals surface area contributed by atoms with E-state index in [1.54, 1.807) is 30.3 Å². The van der Waals surface area contributed by atoms with Crippen LogP contribution in [0.2, 0.25) is 0 Å². The first-order valence-corrected chi connectivity index (χ1v) is 8.66. The van der Waals surface area contributed by atoms with Gasteiger partial charge in [-0.3, -0.25) is 9.59 Å². The van der Waals surface area contributed by atoms with Crippen LogP contribution in [-0.2, 0) is 11.2 Å². The second-order valence-electron chi connectivity index (χ2n) is 6.12. The smallest absolute Gasteiger partial charge is 0.251 e. The molecule has 26 heavy (non-hydrogen) atoms. The van der Waals surface area contributed by atoms with Crippen LogP contribution in [-0.4, -0.2) is 31.1 Å². The van der Waals surface area contributed by atoms with Crippen LogP contribution in [0.5, 0.6) is 11.5 Å². The van der Waals surface area contributed by atoms with E-state index in [2.05, 4.69) is 10.6 Å². The van der Waals surface area contributed by atoms with Crippen LogP contribution in [0.1, 0.15) is 29.8 Å². The zero-order valence-corrected chi connectivity index (χ0v) is 14.9. The molecule has 1 aliphatic rings. The molecule has 0 radical (unpaired) electrons. The zero-order chi connectivity index (χ0) is 18.5. The van der Waals surface area contributed by atoms with Gasteiger partial charge in [-0.25, -0.2) is 0 Å². The Morgan fingerprint density at radius 2 is 2.00 bits per heavy atom. The highest BCUT2D eigenvalue weighted by Crippen LogP contribution is 2.37. The molecule has 136 valence electrons. The number of ether oxygens (including phenoxy) is 2. The number of carbonyl (C=O) groups excluding carboxylic acids is 2. The Labute approximate surface area is 152 Å². The zero-order valence-electron chi connectivity index (χ0n) is 14.9. The molecule has 2 amide bonds. The number of fused-ring (bicyclic) bond motifs is 1. The SMILES string of the molecule is CCOc1cc2c(cc1NC(=O)CNC(=O)c1ccccc1)OC(C)C2. The molecular formula is C20H22N2O4.